The number of sulfone groups is 1. The number of benzene rings is 1. The molecule has 0 fully saturated rings. The molecule has 1 heterocycles. The van der Waals surface area contributed by atoms with Crippen molar-refractivity contribution in [2.45, 2.75) is 11.3 Å². The van der Waals surface area contributed by atoms with Gasteiger partial charge in [-0.25, -0.2) is 8.42 Å². The Morgan fingerprint density at radius 2 is 2.00 bits per heavy atom. The van der Waals surface area contributed by atoms with Gasteiger partial charge in [-0.05, 0) is 37.7 Å². The molecule has 15 heavy (non-hydrogen) atoms. The number of hydrogen-bond donors (Lipinski definition) is 1. The van der Waals surface area contributed by atoms with Gasteiger partial charge in [0.25, 0.3) is 0 Å². The number of rotatable bonds is 3. The van der Waals surface area contributed by atoms with E-state index in [0.717, 1.165) is 5.56 Å². The summed E-state index contributed by atoms with van der Waals surface area (Å²) in [5.74, 6) is 0. The maximum absolute atomic E-state index is 12.0. The highest BCUT2D eigenvalue weighted by Gasteiger charge is 2.28. The van der Waals surface area contributed by atoms with Gasteiger partial charge in [0, 0.05) is 0 Å². The van der Waals surface area contributed by atoms with E-state index in [4.69, 9.17) is 0 Å². The zero-order chi connectivity index (χ0) is 10.9. The van der Waals surface area contributed by atoms with Crippen LogP contribution in [0.1, 0.15) is 12.0 Å². The summed E-state index contributed by atoms with van der Waals surface area (Å²) >= 11 is 0. The first-order valence-corrected chi connectivity index (χ1v) is 6.34. The minimum absolute atomic E-state index is 0.441. The summed E-state index contributed by atoms with van der Waals surface area (Å²) in [6.45, 7) is 0.680. The van der Waals surface area contributed by atoms with Crippen molar-refractivity contribution in [2.24, 2.45) is 0 Å². The minimum Gasteiger partial charge on any atom is -0.319 e. The number of hydrogen-bond acceptors (Lipinski definition) is 3. The van der Waals surface area contributed by atoms with Gasteiger partial charge in [0.15, 0.2) is 0 Å². The van der Waals surface area contributed by atoms with E-state index < -0.39 is 9.84 Å². The summed E-state index contributed by atoms with van der Waals surface area (Å²) in [6, 6.07) is 7.10. The van der Waals surface area contributed by atoms with E-state index in [1.54, 1.807) is 18.2 Å². The Balaban J connectivity index is 2.41. The smallest absolute Gasteiger partial charge is 0.203 e. The van der Waals surface area contributed by atoms with Gasteiger partial charge >= 0.3 is 0 Å². The third-order valence-electron chi connectivity index (χ3n) is 2.49. The van der Waals surface area contributed by atoms with Crippen LogP contribution in [0.2, 0.25) is 0 Å². The van der Waals surface area contributed by atoms with Crippen LogP contribution in [0.3, 0.4) is 0 Å². The van der Waals surface area contributed by atoms with E-state index in [-0.39, 0.29) is 0 Å². The molecule has 2 rings (SSSR count). The molecule has 0 radical (unpaired) electrons. The third kappa shape index (κ3) is 1.70. The summed E-state index contributed by atoms with van der Waals surface area (Å²) in [7, 11) is -1.38. The van der Waals surface area contributed by atoms with Crippen molar-refractivity contribution in [3.8, 4) is 0 Å². The largest absolute Gasteiger partial charge is 0.319 e. The van der Waals surface area contributed by atoms with E-state index in [2.05, 4.69) is 5.32 Å². The van der Waals surface area contributed by atoms with Crippen molar-refractivity contribution >= 4 is 15.9 Å². The lowest BCUT2D eigenvalue weighted by Crippen LogP contribution is -2.11. The molecule has 1 aliphatic heterocycles. The molecule has 0 aliphatic carbocycles. The van der Waals surface area contributed by atoms with Crippen molar-refractivity contribution in [3.05, 3.63) is 34.7 Å². The van der Waals surface area contributed by atoms with E-state index in [1.807, 2.05) is 19.2 Å². The van der Waals surface area contributed by atoms with Crippen LogP contribution < -0.4 is 5.32 Å². The van der Waals surface area contributed by atoms with Crippen molar-refractivity contribution < 1.29 is 8.42 Å². The molecule has 4 heteroatoms. The molecule has 0 bridgehead atoms. The number of nitrogens with one attached hydrogen (secondary N) is 1. The van der Waals surface area contributed by atoms with Gasteiger partial charge in [0.1, 0.15) is 0 Å². The maximum Gasteiger partial charge on any atom is 0.203 e. The summed E-state index contributed by atoms with van der Waals surface area (Å²) in [4.78, 5) is 0.953. The van der Waals surface area contributed by atoms with Crippen LogP contribution in [0.4, 0.5) is 0 Å². The zero-order valence-electron chi connectivity index (χ0n) is 8.53. The standard InChI is InChI=1S/C11H13NO2S/c1-12-7-6-10-8-9-4-2-3-5-11(9)15(10,13)14/h2-5,8,12H,6-7H2,1H3. The van der Waals surface area contributed by atoms with Gasteiger partial charge in [0.05, 0.1) is 9.80 Å². The topological polar surface area (TPSA) is 46.2 Å². The fourth-order valence-electron chi connectivity index (χ4n) is 1.69. The Kier molecular flexibility index (Phi) is 2.63. The predicted molar refractivity (Wildman–Crippen MR) is 60.1 cm³/mol. The summed E-state index contributed by atoms with van der Waals surface area (Å²) in [6.07, 6.45) is 2.32. The lowest BCUT2D eigenvalue weighted by Gasteiger charge is -2.02. The van der Waals surface area contributed by atoms with Crippen LogP contribution in [-0.2, 0) is 9.84 Å². The molecule has 0 amide bonds. The molecule has 0 spiro atoms. The lowest BCUT2D eigenvalue weighted by atomic mass is 10.2. The molecular weight excluding hydrogens is 210 g/mol. The second kappa shape index (κ2) is 3.79. The molecule has 0 saturated heterocycles. The first kappa shape index (κ1) is 10.4. The molecule has 1 aliphatic rings. The highest BCUT2D eigenvalue weighted by molar-refractivity contribution is 7.95. The molecular formula is C11H13NO2S. The quantitative estimate of drug-likeness (QED) is 0.843. The van der Waals surface area contributed by atoms with Crippen LogP contribution in [0, 0.1) is 0 Å². The van der Waals surface area contributed by atoms with Crippen molar-refractivity contribution in [1.29, 1.82) is 0 Å². The lowest BCUT2D eigenvalue weighted by molar-refractivity contribution is 0.601. The Morgan fingerprint density at radius 1 is 1.27 bits per heavy atom. The normalized spacial score (nSPS) is 17.3. The SMILES string of the molecule is CNCCC1=Cc2ccccc2S1(=O)=O. The van der Waals surface area contributed by atoms with Gasteiger partial charge in [0.2, 0.25) is 9.84 Å². The van der Waals surface area contributed by atoms with E-state index in [0.29, 0.717) is 22.8 Å². The fraction of sp³-hybridized carbons (Fsp3) is 0.273. The van der Waals surface area contributed by atoms with Crippen molar-refractivity contribution in [1.82, 2.24) is 5.32 Å². The average molecular weight is 223 g/mol. The average Bonchev–Trinajstić information content (AvgIpc) is 2.48. The van der Waals surface area contributed by atoms with Crippen LogP contribution in [0.25, 0.3) is 6.08 Å². The van der Waals surface area contributed by atoms with E-state index in [9.17, 15) is 8.42 Å². The molecule has 0 unspecified atom stereocenters. The summed E-state index contributed by atoms with van der Waals surface area (Å²) in [5, 5.41) is 2.95. The first-order chi connectivity index (χ1) is 7.16. The van der Waals surface area contributed by atoms with Crippen LogP contribution in [-0.4, -0.2) is 22.0 Å². The van der Waals surface area contributed by atoms with Gasteiger partial charge in [-0.2, -0.15) is 0 Å². The molecule has 1 aromatic carbocycles. The molecule has 1 N–H and O–H groups in total. The van der Waals surface area contributed by atoms with Gasteiger partial charge in [-0.1, -0.05) is 18.2 Å². The summed E-state index contributed by atoms with van der Waals surface area (Å²) in [5.41, 5.74) is 0.809. The fourth-order valence-corrected chi connectivity index (χ4v) is 3.32. The Bertz CT molecular complexity index is 503. The van der Waals surface area contributed by atoms with Crippen molar-refractivity contribution in [3.63, 3.8) is 0 Å². The predicted octanol–water partition coefficient (Wildman–Crippen LogP) is 1.42. The Morgan fingerprint density at radius 3 is 2.67 bits per heavy atom. The second-order valence-corrected chi connectivity index (χ2v) is 5.48. The Hall–Kier alpha value is -1.13. The number of fused-ring (bicyclic) bond motifs is 1. The molecule has 0 atom stereocenters. The van der Waals surface area contributed by atoms with Gasteiger partial charge in [-0.3, -0.25) is 0 Å². The molecule has 0 saturated carbocycles. The summed E-state index contributed by atoms with van der Waals surface area (Å²) < 4.78 is 24.0. The first-order valence-electron chi connectivity index (χ1n) is 4.85. The van der Waals surface area contributed by atoms with Gasteiger partial charge in [-0.15, -0.1) is 0 Å². The van der Waals surface area contributed by atoms with Crippen molar-refractivity contribution in [2.75, 3.05) is 13.6 Å². The van der Waals surface area contributed by atoms with E-state index >= 15 is 0 Å². The monoisotopic (exact) mass is 223 g/mol. The highest BCUT2D eigenvalue weighted by Crippen LogP contribution is 2.33. The van der Waals surface area contributed by atoms with Crippen LogP contribution >= 0.6 is 0 Å². The second-order valence-electron chi connectivity index (χ2n) is 3.51. The van der Waals surface area contributed by atoms with Crippen LogP contribution in [0.15, 0.2) is 34.1 Å². The van der Waals surface area contributed by atoms with Gasteiger partial charge < -0.3 is 5.32 Å². The zero-order valence-corrected chi connectivity index (χ0v) is 9.34. The van der Waals surface area contributed by atoms with E-state index in [1.165, 1.54) is 0 Å². The Labute approximate surface area is 89.7 Å². The van der Waals surface area contributed by atoms with Crippen LogP contribution in [0.5, 0.6) is 0 Å². The third-order valence-corrected chi connectivity index (χ3v) is 4.45. The highest BCUT2D eigenvalue weighted by atomic mass is 32.2. The molecule has 0 aromatic heterocycles. The molecule has 1 aromatic rings. The molecule has 80 valence electrons. The minimum atomic E-state index is -3.20. The molecule has 3 nitrogen and oxygen atoms in total. The maximum atomic E-state index is 12.0.